The van der Waals surface area contributed by atoms with Crippen LogP contribution in [0.1, 0.15) is 29.5 Å². The number of hydrogen-bond donors (Lipinski definition) is 1. The molecule has 1 N–H and O–H groups in total. The summed E-state index contributed by atoms with van der Waals surface area (Å²) in [6.45, 7) is 5.28. The number of hydrogen-bond acceptors (Lipinski definition) is 3. The van der Waals surface area contributed by atoms with Crippen molar-refractivity contribution >= 4 is 12.0 Å². The molecule has 21 heavy (non-hydrogen) atoms. The van der Waals surface area contributed by atoms with Crippen LogP contribution in [0, 0.1) is 13.8 Å². The second kappa shape index (κ2) is 6.76. The van der Waals surface area contributed by atoms with Crippen LogP contribution in [0.15, 0.2) is 18.2 Å². The van der Waals surface area contributed by atoms with Gasteiger partial charge in [-0.3, -0.25) is 4.79 Å². The Morgan fingerprint density at radius 2 is 1.86 bits per heavy atom. The number of rotatable bonds is 3. The summed E-state index contributed by atoms with van der Waals surface area (Å²) in [4.78, 5) is 13.9. The highest BCUT2D eigenvalue weighted by Gasteiger charge is 2.19. The van der Waals surface area contributed by atoms with Crippen LogP contribution in [-0.2, 0) is 4.79 Å². The van der Waals surface area contributed by atoms with Crippen molar-refractivity contribution in [3.05, 3.63) is 34.9 Å². The number of carbonyl (C=O) groups is 1. The van der Waals surface area contributed by atoms with Gasteiger partial charge in [-0.2, -0.15) is 0 Å². The molecule has 1 fully saturated rings. The van der Waals surface area contributed by atoms with E-state index >= 15 is 0 Å². The number of aryl methyl sites for hydroxylation is 2. The quantitative estimate of drug-likeness (QED) is 0.869. The van der Waals surface area contributed by atoms with Crippen LogP contribution >= 0.6 is 0 Å². The van der Waals surface area contributed by atoms with Gasteiger partial charge in [0.2, 0.25) is 5.91 Å². The number of amides is 1. The highest BCUT2D eigenvalue weighted by atomic mass is 16.5. The van der Waals surface area contributed by atoms with Crippen LogP contribution in [0.4, 0.5) is 0 Å². The van der Waals surface area contributed by atoms with Crippen molar-refractivity contribution < 1.29 is 14.6 Å². The van der Waals surface area contributed by atoms with Crippen LogP contribution in [0.3, 0.4) is 0 Å². The number of ether oxygens (including phenoxy) is 1. The van der Waals surface area contributed by atoms with Crippen LogP contribution in [0.5, 0.6) is 5.75 Å². The lowest BCUT2D eigenvalue weighted by molar-refractivity contribution is -0.127. The van der Waals surface area contributed by atoms with Gasteiger partial charge in [0.25, 0.3) is 0 Å². The summed E-state index contributed by atoms with van der Waals surface area (Å²) in [5.74, 6) is 0.843. The third kappa shape index (κ3) is 3.85. The monoisotopic (exact) mass is 289 g/mol. The normalized spacial score (nSPS) is 16.5. The number of aliphatic hydroxyl groups is 1. The Morgan fingerprint density at radius 1 is 1.29 bits per heavy atom. The van der Waals surface area contributed by atoms with Crippen LogP contribution in [0.25, 0.3) is 6.08 Å². The van der Waals surface area contributed by atoms with E-state index in [4.69, 9.17) is 4.74 Å². The van der Waals surface area contributed by atoms with Gasteiger partial charge in [-0.05, 0) is 61.6 Å². The van der Waals surface area contributed by atoms with Gasteiger partial charge in [0, 0.05) is 19.2 Å². The molecule has 114 valence electrons. The zero-order valence-electron chi connectivity index (χ0n) is 12.9. The first-order valence-electron chi connectivity index (χ1n) is 7.31. The fraction of sp³-hybridized carbons (Fsp3) is 0.471. The molecule has 1 aromatic carbocycles. The lowest BCUT2D eigenvalue weighted by Gasteiger charge is -2.28. The van der Waals surface area contributed by atoms with E-state index in [-0.39, 0.29) is 12.0 Å². The minimum Gasteiger partial charge on any atom is -0.497 e. The number of carbonyl (C=O) groups excluding carboxylic acids is 1. The van der Waals surface area contributed by atoms with Gasteiger partial charge in [0.05, 0.1) is 13.2 Å². The highest BCUT2D eigenvalue weighted by molar-refractivity contribution is 5.92. The second-order valence-corrected chi connectivity index (χ2v) is 5.56. The molecule has 0 aromatic heterocycles. The summed E-state index contributed by atoms with van der Waals surface area (Å²) in [5, 5.41) is 9.47. The standard InChI is InChI=1S/C17H23NO3/c1-12-10-15(21-3)11-13(2)16(12)4-5-17(20)18-8-6-14(19)7-9-18/h4-5,10-11,14,19H,6-9H2,1-3H3/b5-4+. The Morgan fingerprint density at radius 3 is 2.38 bits per heavy atom. The molecule has 0 aliphatic carbocycles. The predicted molar refractivity (Wildman–Crippen MR) is 83.3 cm³/mol. The molecule has 1 heterocycles. The third-order valence-electron chi connectivity index (χ3n) is 3.97. The minimum atomic E-state index is -0.260. The number of benzene rings is 1. The van der Waals surface area contributed by atoms with Gasteiger partial charge in [0.15, 0.2) is 0 Å². The third-order valence-corrected chi connectivity index (χ3v) is 3.97. The highest BCUT2D eigenvalue weighted by Crippen LogP contribution is 2.23. The van der Waals surface area contributed by atoms with Crippen molar-refractivity contribution in [3.8, 4) is 5.75 Å². The van der Waals surface area contributed by atoms with Crippen LogP contribution < -0.4 is 4.74 Å². The van der Waals surface area contributed by atoms with Crippen molar-refractivity contribution in [2.75, 3.05) is 20.2 Å². The average molecular weight is 289 g/mol. The molecule has 1 aliphatic heterocycles. The van der Waals surface area contributed by atoms with Gasteiger partial charge in [-0.15, -0.1) is 0 Å². The molecule has 1 saturated heterocycles. The lowest BCUT2D eigenvalue weighted by Crippen LogP contribution is -2.39. The van der Waals surface area contributed by atoms with Gasteiger partial charge in [-0.25, -0.2) is 0 Å². The minimum absolute atomic E-state index is 0.0107. The van der Waals surface area contributed by atoms with E-state index in [1.54, 1.807) is 18.1 Å². The summed E-state index contributed by atoms with van der Waals surface area (Å²) in [7, 11) is 1.65. The Balaban J connectivity index is 2.09. The smallest absolute Gasteiger partial charge is 0.246 e. The summed E-state index contributed by atoms with van der Waals surface area (Å²) in [5.41, 5.74) is 3.23. The number of aliphatic hydroxyl groups excluding tert-OH is 1. The first-order chi connectivity index (χ1) is 10.0. The maximum absolute atomic E-state index is 12.2. The second-order valence-electron chi connectivity index (χ2n) is 5.56. The molecule has 1 amide bonds. The van der Waals surface area contributed by atoms with E-state index in [0.29, 0.717) is 25.9 Å². The van der Waals surface area contributed by atoms with Crippen molar-refractivity contribution in [1.82, 2.24) is 4.90 Å². The van der Waals surface area contributed by atoms with Gasteiger partial charge in [-0.1, -0.05) is 0 Å². The Labute approximate surface area is 126 Å². The number of nitrogens with zero attached hydrogens (tertiary/aromatic N) is 1. The Kier molecular flexibility index (Phi) is 5.02. The fourth-order valence-electron chi connectivity index (χ4n) is 2.66. The summed E-state index contributed by atoms with van der Waals surface area (Å²) < 4.78 is 5.24. The van der Waals surface area contributed by atoms with Gasteiger partial charge in [0.1, 0.15) is 5.75 Å². The first-order valence-corrected chi connectivity index (χ1v) is 7.31. The van der Waals surface area contributed by atoms with Crippen molar-refractivity contribution in [2.45, 2.75) is 32.8 Å². The van der Waals surface area contributed by atoms with Gasteiger partial charge >= 0.3 is 0 Å². The summed E-state index contributed by atoms with van der Waals surface area (Å²) in [6, 6.07) is 3.93. The predicted octanol–water partition coefficient (Wildman–Crippen LogP) is 2.31. The van der Waals surface area contributed by atoms with E-state index in [9.17, 15) is 9.90 Å². The molecule has 0 saturated carbocycles. The molecule has 4 heteroatoms. The largest absolute Gasteiger partial charge is 0.497 e. The maximum atomic E-state index is 12.2. The average Bonchev–Trinajstić information content (AvgIpc) is 2.46. The number of methoxy groups -OCH3 is 1. The van der Waals surface area contributed by atoms with E-state index in [0.717, 1.165) is 22.4 Å². The topological polar surface area (TPSA) is 49.8 Å². The molecule has 1 aromatic rings. The van der Waals surface area contributed by atoms with E-state index in [1.807, 2.05) is 32.1 Å². The van der Waals surface area contributed by atoms with Crippen molar-refractivity contribution in [2.24, 2.45) is 0 Å². The Bertz CT molecular complexity index is 520. The molecule has 0 atom stereocenters. The van der Waals surface area contributed by atoms with Crippen molar-refractivity contribution in [3.63, 3.8) is 0 Å². The molecule has 0 spiro atoms. The van der Waals surface area contributed by atoms with E-state index in [1.165, 1.54) is 0 Å². The number of piperidine rings is 1. The fourth-order valence-corrected chi connectivity index (χ4v) is 2.66. The summed E-state index contributed by atoms with van der Waals surface area (Å²) >= 11 is 0. The zero-order chi connectivity index (χ0) is 15.4. The molecule has 0 bridgehead atoms. The molecular formula is C17H23NO3. The first kappa shape index (κ1) is 15.6. The van der Waals surface area contributed by atoms with Crippen LogP contribution in [-0.4, -0.2) is 42.2 Å². The van der Waals surface area contributed by atoms with E-state index in [2.05, 4.69) is 0 Å². The molecule has 0 unspecified atom stereocenters. The van der Waals surface area contributed by atoms with Crippen molar-refractivity contribution in [1.29, 1.82) is 0 Å². The molecule has 4 nitrogen and oxygen atoms in total. The van der Waals surface area contributed by atoms with Crippen LogP contribution in [0.2, 0.25) is 0 Å². The zero-order valence-corrected chi connectivity index (χ0v) is 12.9. The number of likely N-dealkylation sites (tertiary alicyclic amines) is 1. The molecular weight excluding hydrogens is 266 g/mol. The molecule has 1 aliphatic rings. The SMILES string of the molecule is COc1cc(C)c(/C=C/C(=O)N2CCC(O)CC2)c(C)c1. The molecule has 0 radical (unpaired) electrons. The maximum Gasteiger partial charge on any atom is 0.246 e. The summed E-state index contributed by atoms with van der Waals surface area (Å²) in [6.07, 6.45) is 4.57. The Hall–Kier alpha value is -1.81. The van der Waals surface area contributed by atoms with Gasteiger partial charge < -0.3 is 14.7 Å². The lowest BCUT2D eigenvalue weighted by atomic mass is 10.0. The van der Waals surface area contributed by atoms with E-state index < -0.39 is 0 Å². The molecule has 2 rings (SSSR count).